The number of rotatable bonds is 7. The first-order valence-corrected chi connectivity index (χ1v) is 7.09. The summed E-state index contributed by atoms with van der Waals surface area (Å²) in [5.74, 6) is 0.383. The standard InChI is InChI=1S/C15H22F3NO/c1-3-5-6-11(4-2)9-14(20)13-8-7-12(10-19-13)15(16,17)18/h7-8,10-11,14,20H,3-6,9H2,1-2H3. The predicted octanol–water partition coefficient (Wildman–Crippen LogP) is 4.74. The molecule has 0 spiro atoms. The molecule has 0 aliphatic rings. The van der Waals surface area contributed by atoms with Crippen molar-refractivity contribution < 1.29 is 18.3 Å². The average Bonchev–Trinajstić information content (AvgIpc) is 2.42. The molecule has 1 aromatic rings. The van der Waals surface area contributed by atoms with Crippen molar-refractivity contribution in [2.45, 2.75) is 58.2 Å². The minimum Gasteiger partial charge on any atom is -0.387 e. The number of aliphatic hydroxyl groups is 1. The summed E-state index contributed by atoms with van der Waals surface area (Å²) in [6.45, 7) is 4.17. The van der Waals surface area contributed by atoms with Gasteiger partial charge in [0.2, 0.25) is 0 Å². The highest BCUT2D eigenvalue weighted by Gasteiger charge is 2.31. The third kappa shape index (κ3) is 5.12. The van der Waals surface area contributed by atoms with Crippen LogP contribution >= 0.6 is 0 Å². The van der Waals surface area contributed by atoms with Gasteiger partial charge in [-0.25, -0.2) is 0 Å². The lowest BCUT2D eigenvalue weighted by atomic mass is 9.92. The minimum atomic E-state index is -4.39. The second kappa shape index (κ2) is 7.62. The number of aliphatic hydroxyl groups excluding tert-OH is 1. The fourth-order valence-corrected chi connectivity index (χ4v) is 2.19. The number of aromatic nitrogens is 1. The lowest BCUT2D eigenvalue weighted by Crippen LogP contribution is -2.10. The van der Waals surface area contributed by atoms with Crippen molar-refractivity contribution in [3.05, 3.63) is 29.6 Å². The van der Waals surface area contributed by atoms with Crippen molar-refractivity contribution in [3.8, 4) is 0 Å². The third-order valence-electron chi connectivity index (χ3n) is 3.55. The van der Waals surface area contributed by atoms with Crippen LogP contribution in [-0.4, -0.2) is 10.1 Å². The van der Waals surface area contributed by atoms with Gasteiger partial charge in [0.25, 0.3) is 0 Å². The van der Waals surface area contributed by atoms with E-state index in [4.69, 9.17) is 0 Å². The number of hydrogen-bond donors (Lipinski definition) is 1. The molecular formula is C15H22F3NO. The van der Waals surface area contributed by atoms with E-state index in [-0.39, 0.29) is 0 Å². The molecule has 0 fully saturated rings. The first kappa shape index (κ1) is 17.0. The molecule has 0 saturated carbocycles. The van der Waals surface area contributed by atoms with Crippen LogP contribution in [0.25, 0.3) is 0 Å². The van der Waals surface area contributed by atoms with Crippen LogP contribution in [0.15, 0.2) is 18.3 Å². The lowest BCUT2D eigenvalue weighted by molar-refractivity contribution is -0.137. The monoisotopic (exact) mass is 289 g/mol. The van der Waals surface area contributed by atoms with Crippen LogP contribution in [0.4, 0.5) is 13.2 Å². The van der Waals surface area contributed by atoms with Gasteiger partial charge in [0, 0.05) is 6.20 Å². The summed E-state index contributed by atoms with van der Waals surface area (Å²) in [5, 5.41) is 10.1. The van der Waals surface area contributed by atoms with E-state index in [1.165, 1.54) is 6.07 Å². The largest absolute Gasteiger partial charge is 0.417 e. The molecule has 0 bridgehead atoms. The van der Waals surface area contributed by atoms with Gasteiger partial charge in [-0.15, -0.1) is 0 Å². The Balaban J connectivity index is 2.65. The summed E-state index contributed by atoms with van der Waals surface area (Å²) in [6.07, 6.45) is 0.350. The Morgan fingerprint density at radius 1 is 1.25 bits per heavy atom. The number of nitrogens with zero attached hydrogens (tertiary/aromatic N) is 1. The van der Waals surface area contributed by atoms with Gasteiger partial charge in [-0.2, -0.15) is 13.2 Å². The molecule has 114 valence electrons. The minimum absolute atomic E-state index is 0.313. The molecule has 1 N–H and O–H groups in total. The summed E-state index contributed by atoms with van der Waals surface area (Å²) >= 11 is 0. The maximum absolute atomic E-state index is 12.4. The zero-order valence-corrected chi connectivity index (χ0v) is 12.0. The van der Waals surface area contributed by atoms with Gasteiger partial charge < -0.3 is 5.11 Å². The normalized spacial score (nSPS) is 15.1. The summed E-state index contributed by atoms with van der Waals surface area (Å²) in [6, 6.07) is 2.23. The Labute approximate surface area is 118 Å². The summed E-state index contributed by atoms with van der Waals surface area (Å²) in [7, 11) is 0. The van der Waals surface area contributed by atoms with Crippen molar-refractivity contribution in [2.24, 2.45) is 5.92 Å². The Morgan fingerprint density at radius 2 is 1.95 bits per heavy atom. The van der Waals surface area contributed by atoms with E-state index in [2.05, 4.69) is 18.8 Å². The molecular weight excluding hydrogens is 267 g/mol. The van der Waals surface area contributed by atoms with Crippen LogP contribution in [0.1, 0.15) is 63.3 Å². The van der Waals surface area contributed by atoms with Crippen molar-refractivity contribution in [3.63, 3.8) is 0 Å². The maximum atomic E-state index is 12.4. The Hall–Kier alpha value is -1.10. The second-order valence-corrected chi connectivity index (χ2v) is 5.14. The van der Waals surface area contributed by atoms with Crippen LogP contribution in [0.5, 0.6) is 0 Å². The topological polar surface area (TPSA) is 33.1 Å². The fraction of sp³-hybridized carbons (Fsp3) is 0.667. The molecule has 1 rings (SSSR count). The van der Waals surface area contributed by atoms with Gasteiger partial charge >= 0.3 is 6.18 Å². The van der Waals surface area contributed by atoms with Gasteiger partial charge in [0.05, 0.1) is 17.4 Å². The van der Waals surface area contributed by atoms with E-state index >= 15 is 0 Å². The SMILES string of the molecule is CCCCC(CC)CC(O)c1ccc(C(F)(F)F)cn1. The van der Waals surface area contributed by atoms with Gasteiger partial charge in [-0.05, 0) is 24.5 Å². The summed E-state index contributed by atoms with van der Waals surface area (Å²) < 4.78 is 37.3. The molecule has 0 radical (unpaired) electrons. The molecule has 1 aromatic heterocycles. The number of unbranched alkanes of at least 4 members (excludes halogenated alkanes) is 1. The number of pyridine rings is 1. The first-order chi connectivity index (χ1) is 9.38. The van der Waals surface area contributed by atoms with E-state index in [1.807, 2.05) is 0 Å². The molecule has 2 atom stereocenters. The molecule has 0 saturated heterocycles. The zero-order chi connectivity index (χ0) is 15.2. The fourth-order valence-electron chi connectivity index (χ4n) is 2.19. The quantitative estimate of drug-likeness (QED) is 0.786. The molecule has 0 amide bonds. The van der Waals surface area contributed by atoms with Gasteiger partial charge in [-0.3, -0.25) is 4.98 Å². The summed E-state index contributed by atoms with van der Waals surface area (Å²) in [4.78, 5) is 3.74. The van der Waals surface area contributed by atoms with Crippen LogP contribution in [0, 0.1) is 5.92 Å². The van der Waals surface area contributed by atoms with Crippen LogP contribution in [-0.2, 0) is 6.18 Å². The number of hydrogen-bond acceptors (Lipinski definition) is 2. The molecule has 20 heavy (non-hydrogen) atoms. The van der Waals surface area contributed by atoms with E-state index in [0.29, 0.717) is 18.0 Å². The van der Waals surface area contributed by atoms with Gasteiger partial charge in [0.1, 0.15) is 0 Å². The van der Waals surface area contributed by atoms with Crippen molar-refractivity contribution >= 4 is 0 Å². The van der Waals surface area contributed by atoms with Gasteiger partial charge in [-0.1, -0.05) is 39.5 Å². The van der Waals surface area contributed by atoms with Crippen LogP contribution in [0.3, 0.4) is 0 Å². The van der Waals surface area contributed by atoms with Crippen molar-refractivity contribution in [1.82, 2.24) is 4.98 Å². The Morgan fingerprint density at radius 3 is 2.40 bits per heavy atom. The highest BCUT2D eigenvalue weighted by molar-refractivity contribution is 5.18. The lowest BCUT2D eigenvalue weighted by Gasteiger charge is -2.18. The van der Waals surface area contributed by atoms with E-state index < -0.39 is 17.8 Å². The number of alkyl halides is 3. The molecule has 5 heteroatoms. The molecule has 2 unspecified atom stereocenters. The molecule has 0 aromatic carbocycles. The average molecular weight is 289 g/mol. The third-order valence-corrected chi connectivity index (χ3v) is 3.55. The Bertz CT molecular complexity index is 389. The molecule has 2 nitrogen and oxygen atoms in total. The van der Waals surface area contributed by atoms with Crippen LogP contribution in [0.2, 0.25) is 0 Å². The second-order valence-electron chi connectivity index (χ2n) is 5.14. The molecule has 1 heterocycles. The van der Waals surface area contributed by atoms with E-state index in [9.17, 15) is 18.3 Å². The Kier molecular flexibility index (Phi) is 6.46. The summed E-state index contributed by atoms with van der Waals surface area (Å²) in [5.41, 5.74) is -0.473. The highest BCUT2D eigenvalue weighted by Crippen LogP contribution is 2.30. The van der Waals surface area contributed by atoms with Crippen molar-refractivity contribution in [1.29, 1.82) is 0 Å². The first-order valence-electron chi connectivity index (χ1n) is 7.09. The van der Waals surface area contributed by atoms with Gasteiger partial charge in [0.15, 0.2) is 0 Å². The molecule has 0 aliphatic carbocycles. The maximum Gasteiger partial charge on any atom is 0.417 e. The zero-order valence-electron chi connectivity index (χ0n) is 12.0. The van der Waals surface area contributed by atoms with Crippen LogP contribution < -0.4 is 0 Å². The van der Waals surface area contributed by atoms with Crippen molar-refractivity contribution in [2.75, 3.05) is 0 Å². The van der Waals surface area contributed by atoms with E-state index in [1.54, 1.807) is 0 Å². The predicted molar refractivity (Wildman–Crippen MR) is 72.1 cm³/mol. The number of halogens is 3. The van der Waals surface area contributed by atoms with E-state index in [0.717, 1.165) is 37.9 Å². The molecule has 0 aliphatic heterocycles. The highest BCUT2D eigenvalue weighted by atomic mass is 19.4. The smallest absolute Gasteiger partial charge is 0.387 e.